The third kappa shape index (κ3) is 3.86. The minimum absolute atomic E-state index is 0.130. The van der Waals surface area contributed by atoms with Crippen LogP contribution in [0.25, 0.3) is 0 Å². The molecular formula is C13H15ClO3. The standard InChI is InChI=1S/C13H15ClO3/c1-3-11(15)13(17-12(16)4-2)9-6-5-7-10(14)8-9/h5-8,13H,3-4H2,1-2H3. The molecule has 0 heterocycles. The van der Waals surface area contributed by atoms with Gasteiger partial charge in [0, 0.05) is 23.4 Å². The van der Waals surface area contributed by atoms with Crippen molar-refractivity contribution in [3.63, 3.8) is 0 Å². The van der Waals surface area contributed by atoms with E-state index in [0.717, 1.165) is 0 Å². The number of rotatable bonds is 5. The fourth-order valence-electron chi connectivity index (χ4n) is 1.39. The summed E-state index contributed by atoms with van der Waals surface area (Å²) in [7, 11) is 0. The molecule has 0 bridgehead atoms. The fourth-order valence-corrected chi connectivity index (χ4v) is 1.59. The molecule has 1 aromatic carbocycles. The van der Waals surface area contributed by atoms with Crippen molar-refractivity contribution in [2.24, 2.45) is 0 Å². The molecule has 0 aliphatic carbocycles. The first kappa shape index (κ1) is 13.7. The van der Waals surface area contributed by atoms with Crippen LogP contribution in [-0.4, -0.2) is 11.8 Å². The van der Waals surface area contributed by atoms with Crippen molar-refractivity contribution >= 4 is 23.4 Å². The number of carbonyl (C=O) groups is 2. The van der Waals surface area contributed by atoms with Crippen LogP contribution in [0, 0.1) is 0 Å². The summed E-state index contributed by atoms with van der Waals surface area (Å²) in [5.41, 5.74) is 0.617. The summed E-state index contributed by atoms with van der Waals surface area (Å²) in [6, 6.07) is 6.81. The molecule has 1 unspecified atom stereocenters. The molecule has 0 saturated heterocycles. The highest BCUT2D eigenvalue weighted by molar-refractivity contribution is 6.30. The van der Waals surface area contributed by atoms with Gasteiger partial charge in [-0.05, 0) is 12.1 Å². The number of ether oxygens (including phenoxy) is 1. The zero-order valence-corrected chi connectivity index (χ0v) is 10.7. The molecule has 0 amide bonds. The monoisotopic (exact) mass is 254 g/mol. The Morgan fingerprint density at radius 2 is 2.00 bits per heavy atom. The molecule has 0 aromatic heterocycles. The van der Waals surface area contributed by atoms with Gasteiger partial charge in [-0.1, -0.05) is 37.6 Å². The quantitative estimate of drug-likeness (QED) is 0.757. The van der Waals surface area contributed by atoms with E-state index in [0.29, 0.717) is 17.0 Å². The van der Waals surface area contributed by atoms with E-state index in [1.54, 1.807) is 38.1 Å². The van der Waals surface area contributed by atoms with Gasteiger partial charge in [-0.3, -0.25) is 9.59 Å². The van der Waals surface area contributed by atoms with Gasteiger partial charge in [0.2, 0.25) is 0 Å². The van der Waals surface area contributed by atoms with Crippen molar-refractivity contribution in [3.8, 4) is 0 Å². The molecule has 4 heteroatoms. The summed E-state index contributed by atoms with van der Waals surface area (Å²) in [5, 5.41) is 0.518. The number of ketones is 1. The minimum atomic E-state index is -0.842. The zero-order valence-electron chi connectivity index (χ0n) is 9.90. The Morgan fingerprint density at radius 3 is 2.53 bits per heavy atom. The average Bonchev–Trinajstić information content (AvgIpc) is 2.34. The molecule has 1 rings (SSSR count). The van der Waals surface area contributed by atoms with Gasteiger partial charge in [-0.2, -0.15) is 0 Å². The molecule has 0 saturated carbocycles. The molecule has 0 aliphatic heterocycles. The second kappa shape index (κ2) is 6.40. The van der Waals surface area contributed by atoms with Crippen molar-refractivity contribution in [3.05, 3.63) is 34.9 Å². The Balaban J connectivity index is 2.97. The van der Waals surface area contributed by atoms with Crippen LogP contribution in [0.4, 0.5) is 0 Å². The van der Waals surface area contributed by atoms with Gasteiger partial charge in [-0.25, -0.2) is 0 Å². The molecule has 92 valence electrons. The van der Waals surface area contributed by atoms with Gasteiger partial charge in [0.1, 0.15) is 0 Å². The first-order chi connectivity index (χ1) is 8.08. The van der Waals surface area contributed by atoms with Crippen LogP contribution in [0.2, 0.25) is 5.02 Å². The van der Waals surface area contributed by atoms with Crippen molar-refractivity contribution in [2.75, 3.05) is 0 Å². The largest absolute Gasteiger partial charge is 0.449 e. The van der Waals surface area contributed by atoms with Crippen LogP contribution < -0.4 is 0 Å². The third-order valence-corrected chi connectivity index (χ3v) is 2.57. The lowest BCUT2D eigenvalue weighted by molar-refractivity contribution is -0.155. The number of hydrogen-bond donors (Lipinski definition) is 0. The highest BCUT2D eigenvalue weighted by atomic mass is 35.5. The second-order valence-electron chi connectivity index (χ2n) is 3.60. The summed E-state index contributed by atoms with van der Waals surface area (Å²) in [5.74, 6) is -0.522. The van der Waals surface area contributed by atoms with Gasteiger partial charge >= 0.3 is 5.97 Å². The lowest BCUT2D eigenvalue weighted by atomic mass is 10.0. The van der Waals surface area contributed by atoms with Gasteiger partial charge in [0.15, 0.2) is 11.9 Å². The summed E-state index contributed by atoms with van der Waals surface area (Å²) < 4.78 is 5.15. The predicted molar refractivity (Wildman–Crippen MR) is 65.9 cm³/mol. The first-order valence-electron chi connectivity index (χ1n) is 5.56. The number of carbonyl (C=O) groups excluding carboxylic acids is 2. The van der Waals surface area contributed by atoms with E-state index in [1.165, 1.54) is 0 Å². The molecule has 1 aromatic rings. The van der Waals surface area contributed by atoms with Crippen LogP contribution in [0.1, 0.15) is 38.4 Å². The van der Waals surface area contributed by atoms with Crippen LogP contribution in [-0.2, 0) is 14.3 Å². The molecule has 0 radical (unpaired) electrons. The Morgan fingerprint density at radius 1 is 1.29 bits per heavy atom. The maximum atomic E-state index is 11.8. The molecule has 1 atom stereocenters. The Kier molecular flexibility index (Phi) is 5.16. The Bertz CT molecular complexity index is 415. The van der Waals surface area contributed by atoms with E-state index in [9.17, 15) is 9.59 Å². The van der Waals surface area contributed by atoms with E-state index in [1.807, 2.05) is 0 Å². The average molecular weight is 255 g/mol. The summed E-state index contributed by atoms with van der Waals surface area (Å²) in [6.45, 7) is 3.42. The summed E-state index contributed by atoms with van der Waals surface area (Å²) >= 11 is 5.86. The summed E-state index contributed by atoms with van der Waals surface area (Å²) in [4.78, 5) is 23.0. The van der Waals surface area contributed by atoms with Gasteiger partial charge in [0.25, 0.3) is 0 Å². The van der Waals surface area contributed by atoms with E-state index in [4.69, 9.17) is 16.3 Å². The Labute approximate surface area is 106 Å². The molecule has 0 fully saturated rings. The van der Waals surface area contributed by atoms with Crippen molar-refractivity contribution in [1.29, 1.82) is 0 Å². The lowest BCUT2D eigenvalue weighted by Crippen LogP contribution is -2.18. The highest BCUT2D eigenvalue weighted by Crippen LogP contribution is 2.23. The van der Waals surface area contributed by atoms with Crippen LogP contribution in [0.15, 0.2) is 24.3 Å². The highest BCUT2D eigenvalue weighted by Gasteiger charge is 2.22. The van der Waals surface area contributed by atoms with Crippen LogP contribution in [0.5, 0.6) is 0 Å². The number of benzene rings is 1. The van der Waals surface area contributed by atoms with Crippen molar-refractivity contribution < 1.29 is 14.3 Å². The number of Topliss-reactive ketones (excluding diaryl/α,β-unsaturated/α-hetero) is 1. The van der Waals surface area contributed by atoms with Crippen molar-refractivity contribution in [2.45, 2.75) is 32.8 Å². The maximum Gasteiger partial charge on any atom is 0.306 e. The van der Waals surface area contributed by atoms with E-state index in [2.05, 4.69) is 0 Å². The molecular weight excluding hydrogens is 240 g/mol. The summed E-state index contributed by atoms with van der Waals surface area (Å²) in [6.07, 6.45) is -0.284. The van der Waals surface area contributed by atoms with E-state index in [-0.39, 0.29) is 12.2 Å². The number of esters is 1. The van der Waals surface area contributed by atoms with E-state index < -0.39 is 12.1 Å². The molecule has 3 nitrogen and oxygen atoms in total. The fraction of sp³-hybridized carbons (Fsp3) is 0.385. The smallest absolute Gasteiger partial charge is 0.306 e. The predicted octanol–water partition coefficient (Wildman–Crippen LogP) is 3.31. The maximum absolute atomic E-state index is 11.8. The Hall–Kier alpha value is -1.35. The zero-order chi connectivity index (χ0) is 12.8. The van der Waals surface area contributed by atoms with Crippen molar-refractivity contribution in [1.82, 2.24) is 0 Å². The van der Waals surface area contributed by atoms with Crippen LogP contribution in [0.3, 0.4) is 0 Å². The SMILES string of the molecule is CCC(=O)OC(C(=O)CC)c1cccc(Cl)c1. The first-order valence-corrected chi connectivity index (χ1v) is 5.94. The number of hydrogen-bond acceptors (Lipinski definition) is 3. The topological polar surface area (TPSA) is 43.4 Å². The molecule has 0 aliphatic rings. The molecule has 0 N–H and O–H groups in total. The van der Waals surface area contributed by atoms with E-state index >= 15 is 0 Å². The van der Waals surface area contributed by atoms with Crippen LogP contribution >= 0.6 is 11.6 Å². The third-order valence-electron chi connectivity index (χ3n) is 2.33. The number of halogens is 1. The van der Waals surface area contributed by atoms with Gasteiger partial charge in [-0.15, -0.1) is 0 Å². The lowest BCUT2D eigenvalue weighted by Gasteiger charge is -2.16. The molecule has 17 heavy (non-hydrogen) atoms. The van der Waals surface area contributed by atoms with Gasteiger partial charge in [0.05, 0.1) is 0 Å². The second-order valence-corrected chi connectivity index (χ2v) is 4.03. The van der Waals surface area contributed by atoms with Gasteiger partial charge < -0.3 is 4.74 Å². The normalized spacial score (nSPS) is 11.9. The molecule has 0 spiro atoms. The minimum Gasteiger partial charge on any atom is -0.449 e.